The van der Waals surface area contributed by atoms with Gasteiger partial charge >= 0.3 is 5.97 Å². The lowest BCUT2D eigenvalue weighted by Gasteiger charge is -2.25. The Hall–Kier alpha value is -4.48. The number of allylic oxidation sites excluding steroid dienone is 1. The van der Waals surface area contributed by atoms with Crippen LogP contribution in [0.15, 0.2) is 92.3 Å². The quantitative estimate of drug-likeness (QED) is 0.232. The number of ether oxygens (including phenoxy) is 3. The molecule has 0 saturated carbocycles. The SMILES string of the molecule is COc1cccc([C@@H]2C(C(=O)Nc3ccccc3)=C(C)N=c3s/c(=C\c4cc(Br)c(OC(C)=O)c(OC)c4)c(=O)n32)c1. The number of rotatable bonds is 7. The predicted octanol–water partition coefficient (Wildman–Crippen LogP) is 4.58. The number of hydrogen-bond acceptors (Lipinski definition) is 8. The smallest absolute Gasteiger partial charge is 0.308 e. The van der Waals surface area contributed by atoms with Gasteiger partial charge in [0.15, 0.2) is 16.3 Å². The lowest BCUT2D eigenvalue weighted by atomic mass is 9.95. The van der Waals surface area contributed by atoms with Gasteiger partial charge in [0, 0.05) is 12.6 Å². The number of anilines is 1. The van der Waals surface area contributed by atoms with Crippen LogP contribution < -0.4 is 34.4 Å². The summed E-state index contributed by atoms with van der Waals surface area (Å²) in [4.78, 5) is 44.4. The average molecular weight is 649 g/mol. The molecule has 0 bridgehead atoms. The molecule has 42 heavy (non-hydrogen) atoms. The molecule has 3 aromatic carbocycles. The van der Waals surface area contributed by atoms with E-state index in [2.05, 4.69) is 26.2 Å². The first-order chi connectivity index (χ1) is 20.2. The van der Waals surface area contributed by atoms with Crippen LogP contribution in [0.5, 0.6) is 17.2 Å². The number of aromatic nitrogens is 1. The van der Waals surface area contributed by atoms with Gasteiger partial charge in [-0.15, -0.1) is 0 Å². The molecule has 1 aliphatic heterocycles. The molecule has 0 spiro atoms. The minimum Gasteiger partial charge on any atom is -0.497 e. The van der Waals surface area contributed by atoms with Crippen molar-refractivity contribution >= 4 is 50.9 Å². The molecule has 0 aliphatic carbocycles. The molecular formula is C31H26BrN3O6S. The van der Waals surface area contributed by atoms with Crippen molar-refractivity contribution in [2.45, 2.75) is 19.9 Å². The Labute approximate surface area is 253 Å². The van der Waals surface area contributed by atoms with Crippen molar-refractivity contribution in [3.05, 3.63) is 113 Å². The van der Waals surface area contributed by atoms with Gasteiger partial charge in [-0.3, -0.25) is 19.0 Å². The second kappa shape index (κ2) is 12.2. The number of nitrogens with zero attached hydrogens (tertiary/aromatic N) is 2. The maximum Gasteiger partial charge on any atom is 0.308 e. The fraction of sp³-hybridized carbons (Fsp3) is 0.161. The van der Waals surface area contributed by atoms with Crippen LogP contribution in [0.1, 0.15) is 31.0 Å². The third-order valence-electron chi connectivity index (χ3n) is 6.50. The summed E-state index contributed by atoms with van der Waals surface area (Å²) in [6, 6.07) is 19.0. The number of halogens is 1. The molecule has 1 amide bonds. The van der Waals surface area contributed by atoms with Crippen LogP contribution in [0.25, 0.3) is 6.08 Å². The van der Waals surface area contributed by atoms with Gasteiger partial charge in [-0.25, -0.2) is 4.99 Å². The van der Waals surface area contributed by atoms with E-state index in [1.807, 2.05) is 36.4 Å². The Kier molecular flexibility index (Phi) is 8.41. The number of hydrogen-bond donors (Lipinski definition) is 1. The molecule has 0 saturated heterocycles. The molecule has 9 nitrogen and oxygen atoms in total. The largest absolute Gasteiger partial charge is 0.497 e. The Morgan fingerprint density at radius 2 is 1.81 bits per heavy atom. The number of nitrogens with one attached hydrogen (secondary N) is 1. The zero-order chi connectivity index (χ0) is 30.0. The highest BCUT2D eigenvalue weighted by atomic mass is 79.9. The second-order valence-electron chi connectivity index (χ2n) is 9.31. The molecule has 0 unspecified atom stereocenters. The van der Waals surface area contributed by atoms with E-state index in [0.29, 0.717) is 53.4 Å². The number of carbonyl (C=O) groups is 2. The summed E-state index contributed by atoms with van der Waals surface area (Å²) in [5, 5.41) is 2.94. The lowest BCUT2D eigenvalue weighted by Crippen LogP contribution is -2.40. The van der Waals surface area contributed by atoms with Crippen molar-refractivity contribution in [2.75, 3.05) is 19.5 Å². The second-order valence-corrected chi connectivity index (χ2v) is 11.2. The van der Waals surface area contributed by atoms with Gasteiger partial charge in [-0.2, -0.15) is 0 Å². The molecular weight excluding hydrogens is 622 g/mol. The van der Waals surface area contributed by atoms with E-state index >= 15 is 0 Å². The summed E-state index contributed by atoms with van der Waals surface area (Å²) in [6.07, 6.45) is 1.71. The van der Waals surface area contributed by atoms with Crippen molar-refractivity contribution in [3.63, 3.8) is 0 Å². The van der Waals surface area contributed by atoms with Gasteiger partial charge in [-0.1, -0.05) is 41.7 Å². The fourth-order valence-electron chi connectivity index (χ4n) is 4.68. The highest BCUT2D eigenvalue weighted by molar-refractivity contribution is 9.10. The van der Waals surface area contributed by atoms with Gasteiger partial charge < -0.3 is 19.5 Å². The zero-order valence-electron chi connectivity index (χ0n) is 23.1. The third-order valence-corrected chi connectivity index (χ3v) is 8.07. The average Bonchev–Trinajstić information content (AvgIpc) is 3.27. The summed E-state index contributed by atoms with van der Waals surface area (Å²) in [6.45, 7) is 3.07. The van der Waals surface area contributed by atoms with E-state index < -0.39 is 12.0 Å². The van der Waals surface area contributed by atoms with E-state index in [9.17, 15) is 14.4 Å². The maximum atomic E-state index is 14.0. The molecule has 5 rings (SSSR count). The molecule has 1 N–H and O–H groups in total. The topological polar surface area (TPSA) is 108 Å². The molecule has 11 heteroatoms. The van der Waals surface area contributed by atoms with Gasteiger partial charge in [-0.05, 0) is 76.5 Å². The van der Waals surface area contributed by atoms with Crippen molar-refractivity contribution in [2.24, 2.45) is 4.99 Å². The number of methoxy groups -OCH3 is 2. The monoisotopic (exact) mass is 647 g/mol. The van der Waals surface area contributed by atoms with Crippen molar-refractivity contribution in [1.82, 2.24) is 4.57 Å². The number of benzene rings is 3. The molecule has 214 valence electrons. The highest BCUT2D eigenvalue weighted by Gasteiger charge is 2.32. The van der Waals surface area contributed by atoms with E-state index in [4.69, 9.17) is 14.2 Å². The van der Waals surface area contributed by atoms with Crippen LogP contribution in [0.2, 0.25) is 0 Å². The van der Waals surface area contributed by atoms with Gasteiger partial charge in [0.2, 0.25) is 0 Å². The molecule has 1 atom stereocenters. The number of thiazole rings is 1. The van der Waals surface area contributed by atoms with Crippen LogP contribution in [0.3, 0.4) is 0 Å². The van der Waals surface area contributed by atoms with E-state index in [1.165, 1.54) is 29.9 Å². The summed E-state index contributed by atoms with van der Waals surface area (Å²) in [5.74, 6) is 0.307. The standard InChI is InChI=1S/C31H26BrN3O6S/c1-17-26(29(37)34-21-10-6-5-7-11-21)27(20-9-8-12-22(16-20)39-3)35-30(38)25(42-31(35)33-17)15-19-13-23(32)28(41-18(2)36)24(14-19)40-4/h5-16,27H,1-4H3,(H,34,37)/b25-15-/t27-/m1/s1. The number of para-hydroxylation sites is 1. The molecule has 1 aromatic heterocycles. The lowest BCUT2D eigenvalue weighted by molar-refractivity contribution is -0.132. The normalized spacial score (nSPS) is 14.6. The van der Waals surface area contributed by atoms with Gasteiger partial charge in [0.05, 0.1) is 40.5 Å². The zero-order valence-corrected chi connectivity index (χ0v) is 25.5. The minimum absolute atomic E-state index is 0.242. The first-order valence-electron chi connectivity index (χ1n) is 12.8. The molecule has 2 heterocycles. The van der Waals surface area contributed by atoms with Crippen molar-refractivity contribution < 1.29 is 23.8 Å². The minimum atomic E-state index is -0.755. The number of carbonyl (C=O) groups excluding carboxylic acids is 2. The van der Waals surface area contributed by atoms with Gasteiger partial charge in [0.1, 0.15) is 5.75 Å². The number of fused-ring (bicyclic) bond motifs is 1. The van der Waals surface area contributed by atoms with Crippen molar-refractivity contribution in [1.29, 1.82) is 0 Å². The summed E-state index contributed by atoms with van der Waals surface area (Å²) in [5.41, 5.74) is 2.49. The van der Waals surface area contributed by atoms with Gasteiger partial charge in [0.25, 0.3) is 11.5 Å². The van der Waals surface area contributed by atoms with Crippen molar-refractivity contribution in [3.8, 4) is 17.2 Å². The highest BCUT2D eigenvalue weighted by Crippen LogP contribution is 2.37. The first kappa shape index (κ1) is 29.0. The molecule has 0 radical (unpaired) electrons. The predicted molar refractivity (Wildman–Crippen MR) is 164 cm³/mol. The number of esters is 1. The fourth-order valence-corrected chi connectivity index (χ4v) is 6.26. The summed E-state index contributed by atoms with van der Waals surface area (Å²) in [7, 11) is 3.03. The van der Waals surface area contributed by atoms with Crippen LogP contribution in [-0.4, -0.2) is 30.7 Å². The third kappa shape index (κ3) is 5.79. The van der Waals surface area contributed by atoms with Crippen LogP contribution >= 0.6 is 27.3 Å². The first-order valence-corrected chi connectivity index (χ1v) is 14.4. The van der Waals surface area contributed by atoms with Crippen LogP contribution in [-0.2, 0) is 9.59 Å². The summed E-state index contributed by atoms with van der Waals surface area (Å²) >= 11 is 4.64. The number of amides is 1. The molecule has 1 aliphatic rings. The van der Waals surface area contributed by atoms with Crippen LogP contribution in [0.4, 0.5) is 5.69 Å². The van der Waals surface area contributed by atoms with E-state index in [1.54, 1.807) is 50.4 Å². The Balaban J connectivity index is 1.67. The van der Waals surface area contributed by atoms with E-state index in [0.717, 1.165) is 0 Å². The summed E-state index contributed by atoms with van der Waals surface area (Å²) < 4.78 is 18.6. The van der Waals surface area contributed by atoms with Crippen LogP contribution in [0, 0.1) is 0 Å². The maximum absolute atomic E-state index is 14.0. The molecule has 0 fully saturated rings. The Morgan fingerprint density at radius 3 is 2.50 bits per heavy atom. The Bertz CT molecular complexity index is 1910. The Morgan fingerprint density at radius 1 is 1.05 bits per heavy atom. The van der Waals surface area contributed by atoms with E-state index in [-0.39, 0.29) is 17.2 Å². The molecule has 4 aromatic rings.